The van der Waals surface area contributed by atoms with Crippen molar-refractivity contribution in [3.8, 4) is 28.4 Å². The van der Waals surface area contributed by atoms with E-state index >= 15 is 0 Å². The Morgan fingerprint density at radius 3 is 2.50 bits per heavy atom. The Morgan fingerprint density at radius 2 is 1.82 bits per heavy atom. The van der Waals surface area contributed by atoms with E-state index in [2.05, 4.69) is 5.48 Å². The monoisotopic (exact) mass is 299 g/mol. The van der Waals surface area contributed by atoms with E-state index in [9.17, 15) is 4.79 Å². The van der Waals surface area contributed by atoms with Gasteiger partial charge in [-0.25, -0.2) is 0 Å². The van der Waals surface area contributed by atoms with E-state index in [1.165, 1.54) is 6.92 Å². The molecule has 0 amide bonds. The summed E-state index contributed by atoms with van der Waals surface area (Å²) in [5.74, 6) is 1.83. The zero-order chi connectivity index (χ0) is 15.5. The van der Waals surface area contributed by atoms with Crippen LogP contribution in [0.5, 0.6) is 17.2 Å². The highest BCUT2D eigenvalue weighted by molar-refractivity contribution is 5.99. The average molecular weight is 299 g/mol. The predicted molar refractivity (Wildman–Crippen MR) is 82.6 cm³/mol. The van der Waals surface area contributed by atoms with Gasteiger partial charge in [0.05, 0.1) is 5.56 Å². The van der Waals surface area contributed by atoms with Gasteiger partial charge in [-0.1, -0.05) is 12.1 Å². The minimum atomic E-state index is -0.0428. The summed E-state index contributed by atoms with van der Waals surface area (Å²) in [6, 6.07) is 11.3. The third kappa shape index (κ3) is 2.76. The highest BCUT2D eigenvalue weighted by Crippen LogP contribution is 2.38. The molecule has 2 aromatic rings. The van der Waals surface area contributed by atoms with Crippen molar-refractivity contribution in [2.75, 3.05) is 20.3 Å². The number of hydrogen-bond donors (Lipinski definition) is 1. The lowest BCUT2D eigenvalue weighted by molar-refractivity contribution is 0.100. The van der Waals surface area contributed by atoms with Gasteiger partial charge < -0.3 is 14.3 Å². The lowest BCUT2D eigenvalue weighted by atomic mass is 9.99. The maximum atomic E-state index is 11.9. The van der Waals surface area contributed by atoms with Crippen LogP contribution in [0.1, 0.15) is 17.3 Å². The maximum absolute atomic E-state index is 11.9. The first-order chi connectivity index (χ1) is 10.7. The van der Waals surface area contributed by atoms with Crippen molar-refractivity contribution in [3.63, 3.8) is 0 Å². The van der Waals surface area contributed by atoms with E-state index in [4.69, 9.17) is 14.3 Å². The summed E-state index contributed by atoms with van der Waals surface area (Å²) < 4.78 is 11.2. The number of fused-ring (bicyclic) bond motifs is 1. The van der Waals surface area contributed by atoms with Crippen LogP contribution in [-0.2, 0) is 0 Å². The molecule has 22 heavy (non-hydrogen) atoms. The predicted octanol–water partition coefficient (Wildman–Crippen LogP) is 2.84. The van der Waals surface area contributed by atoms with Crippen LogP contribution in [0.25, 0.3) is 11.1 Å². The van der Waals surface area contributed by atoms with E-state index < -0.39 is 0 Å². The quantitative estimate of drug-likeness (QED) is 0.695. The first-order valence-corrected chi connectivity index (χ1v) is 7.07. The molecule has 3 rings (SSSR count). The van der Waals surface area contributed by atoms with Gasteiger partial charge in [-0.2, -0.15) is 5.48 Å². The van der Waals surface area contributed by atoms with Crippen LogP contribution in [-0.4, -0.2) is 26.0 Å². The van der Waals surface area contributed by atoms with Crippen molar-refractivity contribution >= 4 is 5.78 Å². The fraction of sp³-hybridized carbons (Fsp3) is 0.235. The van der Waals surface area contributed by atoms with Crippen molar-refractivity contribution in [2.45, 2.75) is 6.92 Å². The molecule has 0 aromatic heterocycles. The lowest BCUT2D eigenvalue weighted by Crippen LogP contribution is -2.17. The van der Waals surface area contributed by atoms with Gasteiger partial charge in [0.2, 0.25) is 0 Å². The Balaban J connectivity index is 2.03. The molecule has 0 bridgehead atoms. The summed E-state index contributed by atoms with van der Waals surface area (Å²) in [6.45, 7) is 2.48. The Kier molecular flexibility index (Phi) is 3.98. The van der Waals surface area contributed by atoms with Gasteiger partial charge in [0.1, 0.15) is 19.0 Å². The summed E-state index contributed by atoms with van der Waals surface area (Å²) in [6.07, 6.45) is 0. The summed E-state index contributed by atoms with van der Waals surface area (Å²) in [5.41, 5.74) is 5.05. The minimum absolute atomic E-state index is 0.0428. The van der Waals surface area contributed by atoms with Gasteiger partial charge in [-0.15, -0.1) is 0 Å². The SMILES string of the molecule is CNOc1ccc(-c2cc3c(c(C(C)=O)c2)OCCO3)cc1. The van der Waals surface area contributed by atoms with Gasteiger partial charge in [0.25, 0.3) is 0 Å². The smallest absolute Gasteiger partial charge is 0.172 e. The number of rotatable bonds is 4. The van der Waals surface area contributed by atoms with Crippen molar-refractivity contribution in [3.05, 3.63) is 42.0 Å². The van der Waals surface area contributed by atoms with Crippen molar-refractivity contribution in [1.29, 1.82) is 0 Å². The summed E-state index contributed by atoms with van der Waals surface area (Å²) >= 11 is 0. The standard InChI is InChI=1S/C17H17NO4/c1-11(19)15-9-13(10-16-17(15)21-8-7-20-16)12-3-5-14(6-4-12)22-18-2/h3-6,9-10,18H,7-8H2,1-2H3. The fourth-order valence-corrected chi connectivity index (χ4v) is 2.42. The molecule has 1 heterocycles. The number of ketones is 1. The summed E-state index contributed by atoms with van der Waals surface area (Å²) in [5, 5.41) is 0. The van der Waals surface area contributed by atoms with E-state index in [0.29, 0.717) is 30.3 Å². The number of hydrogen-bond acceptors (Lipinski definition) is 5. The lowest BCUT2D eigenvalue weighted by Gasteiger charge is -2.21. The molecule has 1 aliphatic heterocycles. The number of ether oxygens (including phenoxy) is 2. The van der Waals surface area contributed by atoms with Crippen LogP contribution in [0.15, 0.2) is 36.4 Å². The molecular formula is C17H17NO4. The molecule has 0 unspecified atom stereocenters. The molecule has 2 aromatic carbocycles. The average Bonchev–Trinajstić information content (AvgIpc) is 2.54. The van der Waals surface area contributed by atoms with Gasteiger partial charge in [-0.05, 0) is 42.3 Å². The van der Waals surface area contributed by atoms with Gasteiger partial charge in [0.15, 0.2) is 17.3 Å². The second-order valence-corrected chi connectivity index (χ2v) is 4.93. The second kappa shape index (κ2) is 6.07. The highest BCUT2D eigenvalue weighted by Gasteiger charge is 2.20. The van der Waals surface area contributed by atoms with Crippen LogP contribution < -0.4 is 19.8 Å². The van der Waals surface area contributed by atoms with Crippen LogP contribution in [0.3, 0.4) is 0 Å². The van der Waals surface area contributed by atoms with Gasteiger partial charge in [-0.3, -0.25) is 4.79 Å². The number of Topliss-reactive ketones (excluding diaryl/α,β-unsaturated/α-hetero) is 1. The molecule has 0 saturated carbocycles. The fourth-order valence-electron chi connectivity index (χ4n) is 2.42. The number of nitrogens with one attached hydrogen (secondary N) is 1. The molecule has 0 spiro atoms. The largest absolute Gasteiger partial charge is 0.486 e. The maximum Gasteiger partial charge on any atom is 0.172 e. The third-order valence-electron chi connectivity index (χ3n) is 3.43. The zero-order valence-corrected chi connectivity index (χ0v) is 12.5. The minimum Gasteiger partial charge on any atom is -0.486 e. The topological polar surface area (TPSA) is 56.8 Å². The first-order valence-electron chi connectivity index (χ1n) is 7.07. The molecule has 5 nitrogen and oxygen atoms in total. The zero-order valence-electron chi connectivity index (χ0n) is 12.5. The summed E-state index contributed by atoms with van der Waals surface area (Å²) in [7, 11) is 1.70. The van der Waals surface area contributed by atoms with Crippen LogP contribution in [0, 0.1) is 0 Å². The molecule has 0 aliphatic carbocycles. The Labute approximate surface area is 128 Å². The van der Waals surface area contributed by atoms with Crippen LogP contribution >= 0.6 is 0 Å². The molecule has 0 saturated heterocycles. The van der Waals surface area contributed by atoms with Crippen molar-refractivity contribution in [2.24, 2.45) is 0 Å². The van der Waals surface area contributed by atoms with E-state index in [1.807, 2.05) is 36.4 Å². The Hall–Kier alpha value is -2.53. The molecule has 0 fully saturated rings. The van der Waals surface area contributed by atoms with Crippen LogP contribution in [0.2, 0.25) is 0 Å². The molecular weight excluding hydrogens is 282 g/mol. The Morgan fingerprint density at radius 1 is 1.09 bits per heavy atom. The Bertz CT molecular complexity index is 695. The number of hydroxylamine groups is 1. The molecule has 114 valence electrons. The van der Waals surface area contributed by atoms with E-state index in [-0.39, 0.29) is 5.78 Å². The number of carbonyl (C=O) groups is 1. The highest BCUT2D eigenvalue weighted by atomic mass is 16.6. The van der Waals surface area contributed by atoms with E-state index in [0.717, 1.165) is 16.9 Å². The molecule has 0 atom stereocenters. The van der Waals surface area contributed by atoms with Gasteiger partial charge >= 0.3 is 0 Å². The second-order valence-electron chi connectivity index (χ2n) is 4.93. The molecule has 1 N–H and O–H groups in total. The molecule has 0 radical (unpaired) electrons. The van der Waals surface area contributed by atoms with Gasteiger partial charge in [0, 0.05) is 7.05 Å². The normalized spacial score (nSPS) is 12.8. The number of benzene rings is 2. The third-order valence-corrected chi connectivity index (χ3v) is 3.43. The number of carbonyl (C=O) groups excluding carboxylic acids is 1. The van der Waals surface area contributed by atoms with Crippen LogP contribution in [0.4, 0.5) is 0 Å². The summed E-state index contributed by atoms with van der Waals surface area (Å²) in [4.78, 5) is 17.1. The molecule has 1 aliphatic rings. The first kappa shape index (κ1) is 14.4. The van der Waals surface area contributed by atoms with Crippen molar-refractivity contribution in [1.82, 2.24) is 5.48 Å². The van der Waals surface area contributed by atoms with E-state index in [1.54, 1.807) is 7.05 Å². The molecule has 5 heteroatoms. The van der Waals surface area contributed by atoms with Crippen molar-refractivity contribution < 1.29 is 19.1 Å².